The van der Waals surface area contributed by atoms with Gasteiger partial charge in [-0.2, -0.15) is 0 Å². The minimum Gasteiger partial charge on any atom is -0.493 e. The molecule has 82 valence electrons. The first kappa shape index (κ1) is 11.0. The number of halogens is 1. The van der Waals surface area contributed by atoms with Crippen LogP contribution < -0.4 is 10.5 Å². The summed E-state index contributed by atoms with van der Waals surface area (Å²) in [6.45, 7) is 4.87. The minimum atomic E-state index is 0.192. The lowest BCUT2D eigenvalue weighted by Gasteiger charge is -2.29. The second-order valence-corrected chi connectivity index (χ2v) is 5.26. The monoisotopic (exact) mass is 269 g/mol. The normalized spacial score (nSPS) is 21.7. The second kappa shape index (κ2) is 4.14. The van der Waals surface area contributed by atoms with E-state index in [4.69, 9.17) is 10.5 Å². The first-order valence-corrected chi connectivity index (χ1v) is 6.04. The van der Waals surface area contributed by atoms with Gasteiger partial charge >= 0.3 is 0 Å². The number of ether oxygens (including phenoxy) is 1. The van der Waals surface area contributed by atoms with Gasteiger partial charge in [-0.3, -0.25) is 0 Å². The summed E-state index contributed by atoms with van der Waals surface area (Å²) >= 11 is 3.51. The SMILES string of the molecule is Cc1cc(Br)cc2c1OCC([C@H](C)N)C2. The number of hydrogen-bond acceptors (Lipinski definition) is 2. The zero-order chi connectivity index (χ0) is 11.0. The molecule has 1 aliphatic heterocycles. The van der Waals surface area contributed by atoms with E-state index in [1.807, 2.05) is 6.92 Å². The molecule has 1 heterocycles. The fourth-order valence-corrected chi connectivity index (χ4v) is 2.65. The highest BCUT2D eigenvalue weighted by Gasteiger charge is 2.24. The van der Waals surface area contributed by atoms with Gasteiger partial charge in [-0.15, -0.1) is 0 Å². The van der Waals surface area contributed by atoms with Crippen LogP contribution in [0.5, 0.6) is 5.75 Å². The number of fused-ring (bicyclic) bond motifs is 1. The summed E-state index contributed by atoms with van der Waals surface area (Å²) in [5.74, 6) is 1.49. The average Bonchev–Trinajstić information content (AvgIpc) is 2.16. The Morgan fingerprint density at radius 2 is 2.27 bits per heavy atom. The van der Waals surface area contributed by atoms with Gasteiger partial charge in [0.05, 0.1) is 6.61 Å². The first-order valence-electron chi connectivity index (χ1n) is 5.25. The molecule has 0 bridgehead atoms. The predicted octanol–water partition coefficient (Wildman–Crippen LogP) is 2.66. The van der Waals surface area contributed by atoms with Gasteiger partial charge in [0.2, 0.25) is 0 Å². The molecule has 2 atom stereocenters. The molecule has 15 heavy (non-hydrogen) atoms. The maximum absolute atomic E-state index is 5.91. The third-order valence-corrected chi connectivity index (χ3v) is 3.44. The smallest absolute Gasteiger partial charge is 0.125 e. The van der Waals surface area contributed by atoms with Crippen LogP contribution in [0.25, 0.3) is 0 Å². The van der Waals surface area contributed by atoms with Crippen molar-refractivity contribution in [2.45, 2.75) is 26.3 Å². The Morgan fingerprint density at radius 1 is 1.53 bits per heavy atom. The van der Waals surface area contributed by atoms with Gasteiger partial charge in [0.15, 0.2) is 0 Å². The third-order valence-electron chi connectivity index (χ3n) is 2.98. The largest absolute Gasteiger partial charge is 0.493 e. The van der Waals surface area contributed by atoms with Gasteiger partial charge in [-0.1, -0.05) is 15.9 Å². The van der Waals surface area contributed by atoms with Crippen LogP contribution in [0.3, 0.4) is 0 Å². The summed E-state index contributed by atoms with van der Waals surface area (Å²) in [6.07, 6.45) is 1.02. The molecular weight excluding hydrogens is 254 g/mol. The number of aryl methyl sites for hydroxylation is 1. The molecular formula is C12H16BrNO. The number of rotatable bonds is 1. The van der Waals surface area contributed by atoms with E-state index in [9.17, 15) is 0 Å². The summed E-state index contributed by atoms with van der Waals surface area (Å²) in [5.41, 5.74) is 8.38. The molecule has 0 aromatic heterocycles. The van der Waals surface area contributed by atoms with Gasteiger partial charge in [0.25, 0.3) is 0 Å². The molecule has 0 saturated heterocycles. The molecule has 1 aliphatic rings. The van der Waals surface area contributed by atoms with Crippen LogP contribution in [-0.4, -0.2) is 12.6 Å². The number of hydrogen-bond donors (Lipinski definition) is 1. The van der Waals surface area contributed by atoms with Crippen molar-refractivity contribution in [1.82, 2.24) is 0 Å². The minimum absolute atomic E-state index is 0.192. The van der Waals surface area contributed by atoms with E-state index in [1.54, 1.807) is 0 Å². The fourth-order valence-electron chi connectivity index (χ4n) is 2.03. The highest BCUT2D eigenvalue weighted by atomic mass is 79.9. The predicted molar refractivity (Wildman–Crippen MR) is 65.2 cm³/mol. The molecule has 1 unspecified atom stereocenters. The number of nitrogens with two attached hydrogens (primary N) is 1. The van der Waals surface area contributed by atoms with Crippen molar-refractivity contribution in [3.63, 3.8) is 0 Å². The highest BCUT2D eigenvalue weighted by molar-refractivity contribution is 9.10. The van der Waals surface area contributed by atoms with E-state index in [0.29, 0.717) is 5.92 Å². The van der Waals surface area contributed by atoms with Gasteiger partial charge in [0, 0.05) is 16.4 Å². The van der Waals surface area contributed by atoms with Crippen LogP contribution in [-0.2, 0) is 6.42 Å². The summed E-state index contributed by atoms with van der Waals surface area (Å²) in [4.78, 5) is 0. The van der Waals surface area contributed by atoms with Crippen molar-refractivity contribution in [3.05, 3.63) is 27.7 Å². The lowest BCUT2D eigenvalue weighted by molar-refractivity contribution is 0.203. The van der Waals surface area contributed by atoms with Crippen molar-refractivity contribution in [2.24, 2.45) is 11.7 Å². The third kappa shape index (κ3) is 2.18. The lowest BCUT2D eigenvalue weighted by Crippen LogP contribution is -2.35. The van der Waals surface area contributed by atoms with Crippen molar-refractivity contribution < 1.29 is 4.74 Å². The van der Waals surface area contributed by atoms with Crippen LogP contribution in [0.4, 0.5) is 0 Å². The van der Waals surface area contributed by atoms with Crippen molar-refractivity contribution >= 4 is 15.9 Å². The van der Waals surface area contributed by atoms with Gasteiger partial charge in [0.1, 0.15) is 5.75 Å². The summed E-state index contributed by atoms with van der Waals surface area (Å²) in [7, 11) is 0. The Balaban J connectivity index is 2.33. The fraction of sp³-hybridized carbons (Fsp3) is 0.500. The molecule has 0 aliphatic carbocycles. The van der Waals surface area contributed by atoms with Crippen molar-refractivity contribution in [1.29, 1.82) is 0 Å². The summed E-state index contributed by atoms with van der Waals surface area (Å²) in [5, 5.41) is 0. The van der Waals surface area contributed by atoms with E-state index in [0.717, 1.165) is 23.2 Å². The lowest BCUT2D eigenvalue weighted by atomic mass is 9.91. The van der Waals surface area contributed by atoms with Crippen LogP contribution in [0.2, 0.25) is 0 Å². The van der Waals surface area contributed by atoms with Crippen molar-refractivity contribution in [2.75, 3.05) is 6.61 Å². The Kier molecular flexibility index (Phi) is 3.03. The van der Waals surface area contributed by atoms with Crippen LogP contribution in [0.15, 0.2) is 16.6 Å². The topological polar surface area (TPSA) is 35.2 Å². The zero-order valence-electron chi connectivity index (χ0n) is 9.09. The van der Waals surface area contributed by atoms with E-state index in [2.05, 4.69) is 35.0 Å². The Labute approximate surface area is 98.9 Å². The standard InChI is InChI=1S/C12H16BrNO/c1-7-3-11(13)5-9-4-10(8(2)14)6-15-12(7)9/h3,5,8,10H,4,6,14H2,1-2H3/t8-,10?/m0/s1. The molecule has 1 aromatic rings. The van der Waals surface area contributed by atoms with Gasteiger partial charge < -0.3 is 10.5 Å². The average molecular weight is 270 g/mol. The molecule has 3 heteroatoms. The Morgan fingerprint density at radius 3 is 2.93 bits per heavy atom. The zero-order valence-corrected chi connectivity index (χ0v) is 10.7. The number of benzene rings is 1. The molecule has 0 spiro atoms. The van der Waals surface area contributed by atoms with Crippen LogP contribution in [0, 0.1) is 12.8 Å². The Hall–Kier alpha value is -0.540. The van der Waals surface area contributed by atoms with Gasteiger partial charge in [-0.25, -0.2) is 0 Å². The molecule has 2 rings (SSSR count). The molecule has 0 amide bonds. The summed E-state index contributed by atoms with van der Waals surface area (Å²) in [6, 6.07) is 4.42. The quantitative estimate of drug-likeness (QED) is 0.851. The highest BCUT2D eigenvalue weighted by Crippen LogP contribution is 2.34. The maximum Gasteiger partial charge on any atom is 0.125 e. The molecule has 2 N–H and O–H groups in total. The second-order valence-electron chi connectivity index (χ2n) is 4.35. The van der Waals surface area contributed by atoms with Gasteiger partial charge in [-0.05, 0) is 43.5 Å². The first-order chi connectivity index (χ1) is 7.08. The molecule has 0 saturated carbocycles. The van der Waals surface area contributed by atoms with Crippen molar-refractivity contribution in [3.8, 4) is 5.75 Å². The van der Waals surface area contributed by atoms with E-state index < -0.39 is 0 Å². The Bertz CT molecular complexity index is 376. The van der Waals surface area contributed by atoms with E-state index in [-0.39, 0.29) is 6.04 Å². The van der Waals surface area contributed by atoms with E-state index >= 15 is 0 Å². The molecule has 0 radical (unpaired) electrons. The van der Waals surface area contributed by atoms with E-state index in [1.165, 1.54) is 11.1 Å². The van der Waals surface area contributed by atoms with Crippen LogP contribution in [0.1, 0.15) is 18.1 Å². The summed E-state index contributed by atoms with van der Waals surface area (Å²) < 4.78 is 6.90. The molecule has 0 fully saturated rings. The molecule has 2 nitrogen and oxygen atoms in total. The van der Waals surface area contributed by atoms with Crippen LogP contribution >= 0.6 is 15.9 Å². The maximum atomic E-state index is 5.91. The molecule has 1 aromatic carbocycles.